The van der Waals surface area contributed by atoms with E-state index in [9.17, 15) is 9.00 Å². The molecule has 2 atom stereocenters. The summed E-state index contributed by atoms with van der Waals surface area (Å²) in [7, 11) is 0.802. The molecule has 0 aliphatic rings. The summed E-state index contributed by atoms with van der Waals surface area (Å²) in [5.41, 5.74) is 2.17. The molecule has 1 amide bonds. The minimum Gasteiger partial charge on any atom is -0.338 e. The number of rotatable bonds is 5. The highest BCUT2D eigenvalue weighted by molar-refractivity contribution is 7.84. The predicted molar refractivity (Wildman–Crippen MR) is 88.8 cm³/mol. The van der Waals surface area contributed by atoms with E-state index in [2.05, 4.69) is 5.10 Å². The van der Waals surface area contributed by atoms with E-state index in [1.165, 1.54) is 0 Å². The molecule has 0 aliphatic heterocycles. The lowest BCUT2D eigenvalue weighted by atomic mass is 10.2. The van der Waals surface area contributed by atoms with Crippen LogP contribution in [0.25, 0.3) is 5.69 Å². The minimum absolute atomic E-state index is 0.0854. The maximum Gasteiger partial charge on any atom is 0.257 e. The normalized spacial score (nSPS) is 13.6. The van der Waals surface area contributed by atoms with Crippen LogP contribution in [-0.4, -0.2) is 49.9 Å². The van der Waals surface area contributed by atoms with E-state index < -0.39 is 10.8 Å². The van der Waals surface area contributed by atoms with Crippen LogP contribution in [0.5, 0.6) is 0 Å². The molecule has 1 aromatic carbocycles. The summed E-state index contributed by atoms with van der Waals surface area (Å²) in [6.07, 6.45) is 3.40. The van der Waals surface area contributed by atoms with Gasteiger partial charge < -0.3 is 4.90 Å². The van der Waals surface area contributed by atoms with Crippen LogP contribution in [0.3, 0.4) is 0 Å². The van der Waals surface area contributed by atoms with E-state index in [1.807, 2.05) is 44.2 Å². The van der Waals surface area contributed by atoms with Crippen molar-refractivity contribution in [3.63, 3.8) is 0 Å². The molecule has 1 aromatic heterocycles. The van der Waals surface area contributed by atoms with Crippen LogP contribution in [0.4, 0.5) is 0 Å². The van der Waals surface area contributed by atoms with Crippen molar-refractivity contribution >= 4 is 16.7 Å². The summed E-state index contributed by atoms with van der Waals surface area (Å²) in [5, 5.41) is 4.41. The maximum absolute atomic E-state index is 12.6. The summed E-state index contributed by atoms with van der Waals surface area (Å²) in [4.78, 5) is 14.2. The van der Waals surface area contributed by atoms with Crippen molar-refractivity contribution in [1.29, 1.82) is 0 Å². The fourth-order valence-electron chi connectivity index (χ4n) is 2.22. The molecule has 0 unspecified atom stereocenters. The molecular weight excluding hydrogens is 298 g/mol. The monoisotopic (exact) mass is 319 g/mol. The Hall–Kier alpha value is -1.95. The van der Waals surface area contributed by atoms with E-state index in [0.29, 0.717) is 17.0 Å². The summed E-state index contributed by atoms with van der Waals surface area (Å²) in [5.74, 6) is 0.367. The van der Waals surface area contributed by atoms with Gasteiger partial charge in [0.2, 0.25) is 0 Å². The van der Waals surface area contributed by atoms with Crippen LogP contribution in [0.2, 0.25) is 0 Å². The fraction of sp³-hybridized carbons (Fsp3) is 0.375. The van der Waals surface area contributed by atoms with Gasteiger partial charge in [-0.05, 0) is 26.0 Å². The van der Waals surface area contributed by atoms with Crippen LogP contribution in [-0.2, 0) is 10.8 Å². The summed E-state index contributed by atoms with van der Waals surface area (Å²) < 4.78 is 13.0. The Labute approximate surface area is 133 Å². The molecule has 0 N–H and O–H groups in total. The van der Waals surface area contributed by atoms with Crippen molar-refractivity contribution in [3.8, 4) is 5.69 Å². The molecule has 0 radical (unpaired) electrons. The van der Waals surface area contributed by atoms with Crippen molar-refractivity contribution in [2.45, 2.75) is 19.9 Å². The molecule has 0 aliphatic carbocycles. The summed E-state index contributed by atoms with van der Waals surface area (Å²) in [6, 6.07) is 9.59. The number of hydrogen-bond donors (Lipinski definition) is 0. The first-order chi connectivity index (χ1) is 10.4. The second-order valence-electron chi connectivity index (χ2n) is 5.41. The number of aryl methyl sites for hydroxylation is 1. The minimum atomic E-state index is -0.934. The lowest BCUT2D eigenvalue weighted by molar-refractivity contribution is 0.0756. The molecule has 6 heteroatoms. The van der Waals surface area contributed by atoms with Crippen molar-refractivity contribution < 1.29 is 9.00 Å². The van der Waals surface area contributed by atoms with Crippen molar-refractivity contribution in [1.82, 2.24) is 14.7 Å². The first kappa shape index (κ1) is 16.4. The molecule has 0 saturated heterocycles. The Morgan fingerprint density at radius 1 is 1.36 bits per heavy atom. The highest BCUT2D eigenvalue weighted by atomic mass is 32.2. The van der Waals surface area contributed by atoms with Gasteiger partial charge in [0, 0.05) is 42.1 Å². The van der Waals surface area contributed by atoms with Gasteiger partial charge in [-0.25, -0.2) is 4.68 Å². The number of hydrogen-bond acceptors (Lipinski definition) is 3. The van der Waals surface area contributed by atoms with Gasteiger partial charge in [0.1, 0.15) is 0 Å². The molecule has 0 spiro atoms. The summed E-state index contributed by atoms with van der Waals surface area (Å²) >= 11 is 0. The second kappa shape index (κ2) is 6.87. The Balaban J connectivity index is 2.24. The SMILES string of the molecule is Cc1nn(-c2ccccc2)cc1C(=O)N(C)[C@@H](C)C[S@@](C)=O. The first-order valence-corrected chi connectivity index (χ1v) is 8.81. The molecule has 1 heterocycles. The van der Waals surface area contributed by atoms with Crippen molar-refractivity contribution in [2.75, 3.05) is 19.1 Å². The van der Waals surface area contributed by atoms with Gasteiger partial charge in [-0.15, -0.1) is 0 Å². The predicted octanol–water partition coefficient (Wildman–Crippen LogP) is 2.02. The molecule has 118 valence electrons. The zero-order valence-corrected chi connectivity index (χ0v) is 14.1. The van der Waals surface area contributed by atoms with Gasteiger partial charge in [-0.3, -0.25) is 9.00 Å². The average Bonchev–Trinajstić information content (AvgIpc) is 2.88. The zero-order chi connectivity index (χ0) is 16.3. The third kappa shape index (κ3) is 3.62. The molecule has 22 heavy (non-hydrogen) atoms. The van der Waals surface area contributed by atoms with E-state index in [4.69, 9.17) is 0 Å². The Bertz CT molecular complexity index is 682. The van der Waals surface area contributed by atoms with E-state index in [1.54, 1.807) is 29.1 Å². The third-order valence-corrected chi connectivity index (χ3v) is 4.56. The summed E-state index contributed by atoms with van der Waals surface area (Å²) in [6.45, 7) is 3.72. The molecule has 0 fully saturated rings. The number of benzene rings is 1. The standard InChI is InChI=1S/C16H21N3O2S/c1-12(11-22(4)21)18(3)16(20)15-10-19(17-13(15)2)14-8-6-5-7-9-14/h5-10,12H,11H2,1-4H3/t12-,22+/m0/s1. The number of aromatic nitrogens is 2. The van der Waals surface area contributed by atoms with Gasteiger partial charge in [0.15, 0.2) is 0 Å². The first-order valence-electron chi connectivity index (χ1n) is 7.09. The number of para-hydroxylation sites is 1. The number of nitrogens with zero attached hydrogens (tertiary/aromatic N) is 3. The lowest BCUT2D eigenvalue weighted by Crippen LogP contribution is -2.38. The number of carbonyl (C=O) groups is 1. The Morgan fingerprint density at radius 2 is 2.00 bits per heavy atom. The van der Waals surface area contributed by atoms with Crippen molar-refractivity contribution in [2.24, 2.45) is 0 Å². The van der Waals surface area contributed by atoms with E-state index >= 15 is 0 Å². The molecular formula is C16H21N3O2S. The number of amides is 1. The molecule has 2 rings (SSSR count). The Kier molecular flexibility index (Phi) is 5.13. The molecule has 0 bridgehead atoms. The fourth-order valence-corrected chi connectivity index (χ4v) is 3.13. The maximum atomic E-state index is 12.6. The van der Waals surface area contributed by atoms with Gasteiger partial charge in [0.25, 0.3) is 5.91 Å². The second-order valence-corrected chi connectivity index (χ2v) is 6.89. The van der Waals surface area contributed by atoms with Crippen LogP contribution >= 0.6 is 0 Å². The topological polar surface area (TPSA) is 55.2 Å². The van der Waals surface area contributed by atoms with Crippen LogP contribution in [0.15, 0.2) is 36.5 Å². The lowest BCUT2D eigenvalue weighted by Gasteiger charge is -2.23. The third-order valence-electron chi connectivity index (χ3n) is 3.61. The zero-order valence-electron chi connectivity index (χ0n) is 13.3. The number of carbonyl (C=O) groups excluding carboxylic acids is 1. The highest BCUT2D eigenvalue weighted by Gasteiger charge is 2.22. The highest BCUT2D eigenvalue weighted by Crippen LogP contribution is 2.14. The molecule has 5 nitrogen and oxygen atoms in total. The molecule has 2 aromatic rings. The van der Waals surface area contributed by atoms with Crippen LogP contribution in [0.1, 0.15) is 23.0 Å². The molecule has 0 saturated carbocycles. The van der Waals surface area contributed by atoms with Gasteiger partial charge in [-0.2, -0.15) is 5.10 Å². The average molecular weight is 319 g/mol. The smallest absolute Gasteiger partial charge is 0.257 e. The van der Waals surface area contributed by atoms with Gasteiger partial charge >= 0.3 is 0 Å². The quantitative estimate of drug-likeness (QED) is 0.847. The van der Waals surface area contributed by atoms with Crippen molar-refractivity contribution in [3.05, 3.63) is 47.8 Å². The van der Waals surface area contributed by atoms with Gasteiger partial charge in [-0.1, -0.05) is 18.2 Å². The largest absolute Gasteiger partial charge is 0.338 e. The van der Waals surface area contributed by atoms with Crippen LogP contribution in [0, 0.1) is 6.92 Å². The Morgan fingerprint density at radius 3 is 2.59 bits per heavy atom. The van der Waals surface area contributed by atoms with Gasteiger partial charge in [0.05, 0.1) is 16.9 Å². The van der Waals surface area contributed by atoms with Crippen LogP contribution < -0.4 is 0 Å². The van der Waals surface area contributed by atoms with E-state index in [0.717, 1.165) is 5.69 Å². The van der Waals surface area contributed by atoms with E-state index in [-0.39, 0.29) is 11.9 Å².